The van der Waals surface area contributed by atoms with Crippen LogP contribution in [0.4, 0.5) is 0 Å². The molecular formula is C22H26O12. The zero-order valence-corrected chi connectivity index (χ0v) is 19.1. The first kappa shape index (κ1) is 22.2. The summed E-state index contributed by atoms with van der Waals surface area (Å²) in [5.41, 5.74) is -9.57. The SMILES string of the molecule is CC(=O)O[C@@H]1[C@@H]2OC(=O)[C@@H](C)[C@]2(O)[C@@]23O[C@@H]4OC(=O)[C@H](O)[C@@]45[C@H](C(C)(C)C)[C@@H](O)[C@@H](OC2=O)[C@@]153. The average Bonchev–Trinajstić information content (AvgIpc) is 3.40. The van der Waals surface area contributed by atoms with Crippen molar-refractivity contribution >= 4 is 23.9 Å². The van der Waals surface area contributed by atoms with Crippen LogP contribution in [0.2, 0.25) is 0 Å². The Morgan fingerprint density at radius 1 is 1.03 bits per heavy atom. The Morgan fingerprint density at radius 2 is 1.68 bits per heavy atom. The van der Waals surface area contributed by atoms with E-state index in [9.17, 15) is 34.5 Å². The molecule has 0 amide bonds. The minimum absolute atomic E-state index is 0.832. The monoisotopic (exact) mass is 482 g/mol. The maximum absolute atomic E-state index is 13.6. The summed E-state index contributed by atoms with van der Waals surface area (Å²) in [6.45, 7) is 7.70. The second-order valence-corrected chi connectivity index (χ2v) is 11.4. The maximum atomic E-state index is 13.6. The van der Waals surface area contributed by atoms with Crippen LogP contribution >= 0.6 is 0 Å². The fourth-order valence-corrected chi connectivity index (χ4v) is 8.56. The first-order chi connectivity index (χ1) is 15.7. The molecule has 6 aliphatic rings. The topological polar surface area (TPSA) is 175 Å². The van der Waals surface area contributed by atoms with Crippen LogP contribution in [-0.4, -0.2) is 87.2 Å². The molecule has 12 nitrogen and oxygen atoms in total. The third kappa shape index (κ3) is 1.71. The van der Waals surface area contributed by atoms with Crippen molar-refractivity contribution in [3.8, 4) is 0 Å². The number of aliphatic hydroxyl groups excluding tert-OH is 2. The van der Waals surface area contributed by atoms with E-state index >= 15 is 0 Å². The third-order valence-corrected chi connectivity index (χ3v) is 9.21. The highest BCUT2D eigenvalue weighted by Crippen LogP contribution is 2.84. The molecule has 6 rings (SSSR count). The smallest absolute Gasteiger partial charge is 0.343 e. The molecule has 4 aliphatic heterocycles. The molecule has 0 unspecified atom stereocenters. The highest BCUT2D eigenvalue weighted by Gasteiger charge is 3.06. The van der Waals surface area contributed by atoms with Crippen molar-refractivity contribution < 1.29 is 58.2 Å². The Hall–Kier alpha value is -2.28. The fraction of sp³-hybridized carbons (Fsp3) is 0.818. The van der Waals surface area contributed by atoms with Crippen LogP contribution in [0.3, 0.4) is 0 Å². The number of carbonyl (C=O) groups is 4. The van der Waals surface area contributed by atoms with Gasteiger partial charge in [-0.05, 0) is 12.3 Å². The van der Waals surface area contributed by atoms with Crippen molar-refractivity contribution in [2.24, 2.45) is 28.1 Å². The summed E-state index contributed by atoms with van der Waals surface area (Å²) in [4.78, 5) is 51.3. The van der Waals surface area contributed by atoms with Gasteiger partial charge in [-0.1, -0.05) is 20.8 Å². The predicted octanol–water partition coefficient (Wildman–Crippen LogP) is -1.83. The number of carbonyl (C=O) groups excluding carboxylic acids is 4. The molecule has 186 valence electrons. The molecule has 3 N–H and O–H groups in total. The van der Waals surface area contributed by atoms with Crippen LogP contribution in [0.15, 0.2) is 0 Å². The van der Waals surface area contributed by atoms with Crippen LogP contribution in [0.1, 0.15) is 34.6 Å². The van der Waals surface area contributed by atoms with E-state index in [1.165, 1.54) is 6.92 Å². The number of aliphatic hydroxyl groups is 3. The van der Waals surface area contributed by atoms with E-state index in [0.717, 1.165) is 6.92 Å². The van der Waals surface area contributed by atoms with Crippen LogP contribution in [-0.2, 0) is 42.9 Å². The van der Waals surface area contributed by atoms with Gasteiger partial charge in [0.25, 0.3) is 0 Å². The van der Waals surface area contributed by atoms with Gasteiger partial charge in [-0.15, -0.1) is 0 Å². The van der Waals surface area contributed by atoms with E-state index in [2.05, 4.69) is 0 Å². The molecule has 4 saturated heterocycles. The third-order valence-electron chi connectivity index (χ3n) is 9.21. The Balaban J connectivity index is 1.76. The summed E-state index contributed by atoms with van der Waals surface area (Å²) in [7, 11) is 0. The van der Waals surface area contributed by atoms with Crippen molar-refractivity contribution in [2.75, 3.05) is 0 Å². The second kappa shape index (κ2) is 5.75. The van der Waals surface area contributed by atoms with E-state index in [1.54, 1.807) is 20.8 Å². The van der Waals surface area contributed by atoms with Gasteiger partial charge in [-0.3, -0.25) is 9.59 Å². The van der Waals surface area contributed by atoms with Crippen LogP contribution in [0, 0.1) is 28.1 Å². The second-order valence-electron chi connectivity index (χ2n) is 11.4. The van der Waals surface area contributed by atoms with Crippen LogP contribution < -0.4 is 0 Å². The molecule has 6 fully saturated rings. The van der Waals surface area contributed by atoms with Gasteiger partial charge in [0.15, 0.2) is 23.9 Å². The van der Waals surface area contributed by atoms with E-state index < -0.39 is 100.0 Å². The van der Waals surface area contributed by atoms with E-state index in [0.29, 0.717) is 0 Å². The van der Waals surface area contributed by atoms with Gasteiger partial charge in [-0.2, -0.15) is 0 Å². The number of esters is 4. The van der Waals surface area contributed by atoms with Gasteiger partial charge in [0.05, 0.1) is 17.4 Å². The van der Waals surface area contributed by atoms with Gasteiger partial charge < -0.3 is 39.0 Å². The normalized spacial score (nSPS) is 56.4. The van der Waals surface area contributed by atoms with Crippen molar-refractivity contribution in [1.82, 2.24) is 0 Å². The van der Waals surface area contributed by atoms with Gasteiger partial charge in [0.2, 0.25) is 11.9 Å². The van der Waals surface area contributed by atoms with E-state index in [4.69, 9.17) is 23.7 Å². The van der Waals surface area contributed by atoms with Gasteiger partial charge in [0.1, 0.15) is 11.5 Å². The molecule has 4 heterocycles. The number of ether oxygens (including phenoxy) is 5. The zero-order chi connectivity index (χ0) is 25.0. The minimum Gasteiger partial charge on any atom is -0.458 e. The summed E-state index contributed by atoms with van der Waals surface area (Å²) in [6.07, 6.45) is -9.64. The molecule has 2 saturated carbocycles. The van der Waals surface area contributed by atoms with E-state index in [-0.39, 0.29) is 0 Å². The Bertz CT molecular complexity index is 1060. The molecule has 0 bridgehead atoms. The lowest BCUT2D eigenvalue weighted by molar-refractivity contribution is -0.240. The molecule has 2 spiro atoms. The van der Waals surface area contributed by atoms with Crippen LogP contribution in [0.5, 0.6) is 0 Å². The Labute approximate surface area is 193 Å². The summed E-state index contributed by atoms with van der Waals surface area (Å²) >= 11 is 0. The first-order valence-electron chi connectivity index (χ1n) is 11.2. The summed E-state index contributed by atoms with van der Waals surface area (Å²) in [6, 6.07) is 0. The lowest BCUT2D eigenvalue weighted by Crippen LogP contribution is -2.67. The van der Waals surface area contributed by atoms with Gasteiger partial charge >= 0.3 is 23.9 Å². The molecule has 0 radical (unpaired) electrons. The quantitative estimate of drug-likeness (QED) is 0.282. The lowest BCUT2D eigenvalue weighted by atomic mass is 9.51. The summed E-state index contributed by atoms with van der Waals surface area (Å²) in [5, 5.41) is 35.1. The van der Waals surface area contributed by atoms with Crippen LogP contribution in [0.25, 0.3) is 0 Å². The maximum Gasteiger partial charge on any atom is 0.343 e. The van der Waals surface area contributed by atoms with E-state index in [1.807, 2.05) is 0 Å². The van der Waals surface area contributed by atoms with Gasteiger partial charge in [0, 0.05) is 12.8 Å². The highest BCUT2D eigenvalue weighted by atomic mass is 16.8. The average molecular weight is 482 g/mol. The van der Waals surface area contributed by atoms with Crippen molar-refractivity contribution in [2.45, 2.75) is 82.6 Å². The van der Waals surface area contributed by atoms with Crippen molar-refractivity contribution in [3.63, 3.8) is 0 Å². The highest BCUT2D eigenvalue weighted by molar-refractivity contribution is 5.94. The van der Waals surface area contributed by atoms with Crippen molar-refractivity contribution in [1.29, 1.82) is 0 Å². The number of hydrogen-bond donors (Lipinski definition) is 3. The zero-order valence-electron chi connectivity index (χ0n) is 19.1. The summed E-state index contributed by atoms with van der Waals surface area (Å²) in [5.74, 6) is -6.19. The van der Waals surface area contributed by atoms with Gasteiger partial charge in [-0.25, -0.2) is 9.59 Å². The molecule has 34 heavy (non-hydrogen) atoms. The molecule has 12 atom stereocenters. The number of rotatable bonds is 1. The summed E-state index contributed by atoms with van der Waals surface area (Å²) < 4.78 is 28.3. The fourth-order valence-electron chi connectivity index (χ4n) is 8.56. The lowest BCUT2D eigenvalue weighted by Gasteiger charge is -2.47. The Morgan fingerprint density at radius 3 is 2.26 bits per heavy atom. The minimum atomic E-state index is -2.44. The standard InChI is InChI=1S/C22H26O12/c1-6-14(26)31-13-12(30-7(2)23)20-11-8(24)9(18(3,4)5)19(20)10(25)15(27)33-17(19)34-22(20,16(28)32-11)21(6,13)29/h6,8-13,17,24-25,29H,1-5H3/t6-,8-,9+,10+,11-,12-,13+,17+,19+,20-,21-,22-/m1/s1. The molecule has 12 heteroatoms. The number of hydrogen-bond acceptors (Lipinski definition) is 12. The predicted molar refractivity (Wildman–Crippen MR) is 103 cm³/mol. The molecule has 0 aromatic heterocycles. The van der Waals surface area contributed by atoms with Crippen molar-refractivity contribution in [3.05, 3.63) is 0 Å². The Kier molecular flexibility index (Phi) is 3.75. The molecule has 2 aliphatic carbocycles. The molecular weight excluding hydrogens is 456 g/mol. The molecule has 0 aromatic rings. The number of fused-ring (bicyclic) bond motifs is 1. The first-order valence-corrected chi connectivity index (χ1v) is 11.2. The molecule has 0 aromatic carbocycles. The largest absolute Gasteiger partial charge is 0.458 e.